The molecule has 11 heteroatoms. The Hall–Kier alpha value is -1.79. The zero-order valence-electron chi connectivity index (χ0n) is 15.7. The van der Waals surface area contributed by atoms with Gasteiger partial charge in [0.2, 0.25) is 15.9 Å². The second-order valence-electron chi connectivity index (χ2n) is 6.51. The second-order valence-corrected chi connectivity index (χ2v) is 11.6. The summed E-state index contributed by atoms with van der Waals surface area (Å²) in [6, 6.07) is 11.2. The Balaban J connectivity index is 1.82. The highest BCUT2D eigenvalue weighted by molar-refractivity contribution is 7.91. The molecule has 1 aliphatic heterocycles. The number of nitrogens with zero attached hydrogens (tertiary/aromatic N) is 2. The summed E-state index contributed by atoms with van der Waals surface area (Å²) >= 11 is 1.13. The lowest BCUT2D eigenvalue weighted by atomic mass is 10.3. The van der Waals surface area contributed by atoms with Crippen LogP contribution in [0.2, 0.25) is 0 Å². The summed E-state index contributed by atoms with van der Waals surface area (Å²) in [6.07, 6.45) is 0.342. The van der Waals surface area contributed by atoms with Gasteiger partial charge in [0, 0.05) is 39.1 Å². The molecule has 1 N–H and O–H groups in total. The molecule has 2 heterocycles. The largest absolute Gasteiger partial charge is 0.355 e. The third-order valence-electron chi connectivity index (χ3n) is 4.56. The first-order chi connectivity index (χ1) is 13.8. The molecule has 0 aliphatic carbocycles. The molecule has 158 valence electrons. The van der Waals surface area contributed by atoms with Gasteiger partial charge in [-0.2, -0.15) is 8.61 Å². The number of sulfonamides is 2. The summed E-state index contributed by atoms with van der Waals surface area (Å²) < 4.78 is 54.5. The Bertz CT molecular complexity index is 1020. The molecule has 0 unspecified atom stereocenters. The van der Waals surface area contributed by atoms with Crippen LogP contribution in [0.15, 0.2) is 56.9 Å². The molecule has 8 nitrogen and oxygen atoms in total. The van der Waals surface area contributed by atoms with E-state index in [1.165, 1.54) is 26.8 Å². The number of rotatable bonds is 4. The third kappa shape index (κ3) is 5.23. The van der Waals surface area contributed by atoms with Crippen molar-refractivity contribution in [1.29, 1.82) is 0 Å². The Labute approximate surface area is 175 Å². The van der Waals surface area contributed by atoms with E-state index >= 15 is 0 Å². The van der Waals surface area contributed by atoms with E-state index in [1.54, 1.807) is 29.6 Å². The average molecular weight is 458 g/mol. The lowest BCUT2D eigenvalue weighted by molar-refractivity contribution is -0.121. The molecule has 1 fully saturated rings. The highest BCUT2D eigenvalue weighted by Gasteiger charge is 2.28. The van der Waals surface area contributed by atoms with Gasteiger partial charge in [-0.05, 0) is 30.0 Å². The van der Waals surface area contributed by atoms with Gasteiger partial charge in [-0.1, -0.05) is 24.3 Å². The van der Waals surface area contributed by atoms with Crippen LogP contribution in [-0.4, -0.2) is 64.1 Å². The first-order valence-corrected chi connectivity index (χ1v) is 12.9. The Morgan fingerprint density at radius 1 is 0.828 bits per heavy atom. The highest BCUT2D eigenvalue weighted by atomic mass is 32.2. The van der Waals surface area contributed by atoms with E-state index in [1.807, 2.05) is 0 Å². The van der Waals surface area contributed by atoms with Crippen molar-refractivity contribution >= 4 is 37.3 Å². The van der Waals surface area contributed by atoms with Crippen molar-refractivity contribution in [2.24, 2.45) is 0 Å². The van der Waals surface area contributed by atoms with E-state index in [0.29, 0.717) is 6.42 Å². The Morgan fingerprint density at radius 3 is 2.17 bits per heavy atom. The Kier molecular flexibility index (Phi) is 7.06. The van der Waals surface area contributed by atoms with Crippen molar-refractivity contribution in [2.75, 3.05) is 32.7 Å². The first kappa shape index (κ1) is 21.9. The van der Waals surface area contributed by atoms with Crippen molar-refractivity contribution in [3.8, 4) is 0 Å². The van der Waals surface area contributed by atoms with Gasteiger partial charge < -0.3 is 5.32 Å². The van der Waals surface area contributed by atoms with Gasteiger partial charge in [0.25, 0.3) is 10.0 Å². The zero-order valence-corrected chi connectivity index (χ0v) is 18.2. The fourth-order valence-corrected chi connectivity index (χ4v) is 7.17. The molecular weight excluding hydrogens is 434 g/mol. The predicted octanol–water partition coefficient (Wildman–Crippen LogP) is 1.34. The maximum absolute atomic E-state index is 13.0. The van der Waals surface area contributed by atoms with Crippen molar-refractivity contribution in [3.63, 3.8) is 0 Å². The summed E-state index contributed by atoms with van der Waals surface area (Å²) in [6.45, 7) is 0.644. The molecule has 0 atom stereocenters. The molecule has 1 saturated heterocycles. The van der Waals surface area contributed by atoms with E-state index in [9.17, 15) is 21.6 Å². The van der Waals surface area contributed by atoms with Crippen LogP contribution in [0.1, 0.15) is 12.8 Å². The fraction of sp³-hybridized carbons (Fsp3) is 0.389. The smallest absolute Gasteiger partial charge is 0.252 e. The lowest BCUT2D eigenvalue weighted by Gasteiger charge is -2.24. The molecule has 0 saturated carbocycles. The minimum atomic E-state index is -3.77. The molecule has 1 aromatic carbocycles. The lowest BCUT2D eigenvalue weighted by Crippen LogP contribution is -2.38. The maximum atomic E-state index is 13.0. The molecular formula is C18H23N3O5S3. The van der Waals surface area contributed by atoms with Crippen molar-refractivity contribution in [2.45, 2.75) is 21.9 Å². The standard InChI is InChI=1S/C18H23N3O5S3/c22-17-9-13-20(28(23,24)16-6-2-1-3-7-16)11-5-12-21(14-10-19-17)29(25,26)18-8-4-15-27-18/h1-4,6-8,15H,5,9-14H2,(H,19,22). The Morgan fingerprint density at radius 2 is 1.52 bits per heavy atom. The van der Waals surface area contributed by atoms with Crippen LogP contribution in [0, 0.1) is 0 Å². The van der Waals surface area contributed by atoms with Gasteiger partial charge >= 0.3 is 0 Å². The summed E-state index contributed by atoms with van der Waals surface area (Å²) in [5, 5.41) is 4.37. The van der Waals surface area contributed by atoms with Gasteiger partial charge in [0.05, 0.1) is 4.90 Å². The van der Waals surface area contributed by atoms with Crippen molar-refractivity contribution < 1.29 is 21.6 Å². The number of carbonyl (C=O) groups is 1. The SMILES string of the molecule is O=C1CCN(S(=O)(=O)c2ccccc2)CCCN(S(=O)(=O)c2cccs2)CCN1. The van der Waals surface area contributed by atoms with Crippen LogP contribution in [0.3, 0.4) is 0 Å². The molecule has 1 amide bonds. The van der Waals surface area contributed by atoms with Gasteiger partial charge in [0.15, 0.2) is 0 Å². The summed E-state index contributed by atoms with van der Waals surface area (Å²) in [5.74, 6) is -0.311. The number of carbonyl (C=O) groups excluding carboxylic acids is 1. The molecule has 0 radical (unpaired) electrons. The molecule has 3 rings (SSSR count). The number of benzene rings is 1. The molecule has 0 spiro atoms. The normalized spacial score (nSPS) is 18.7. The number of amides is 1. The highest BCUT2D eigenvalue weighted by Crippen LogP contribution is 2.22. The summed E-state index contributed by atoms with van der Waals surface area (Å²) in [7, 11) is -7.46. The van der Waals surface area contributed by atoms with Crippen molar-refractivity contribution in [1.82, 2.24) is 13.9 Å². The van der Waals surface area contributed by atoms with Crippen LogP contribution in [-0.2, 0) is 24.8 Å². The minimum Gasteiger partial charge on any atom is -0.355 e. The quantitative estimate of drug-likeness (QED) is 0.746. The molecule has 0 bridgehead atoms. The number of hydrogen-bond acceptors (Lipinski definition) is 6. The van der Waals surface area contributed by atoms with Crippen molar-refractivity contribution in [3.05, 3.63) is 47.8 Å². The van der Waals surface area contributed by atoms with Crippen LogP contribution >= 0.6 is 11.3 Å². The monoisotopic (exact) mass is 457 g/mol. The fourth-order valence-electron chi connectivity index (χ4n) is 3.04. The summed E-state index contributed by atoms with van der Waals surface area (Å²) in [5.41, 5.74) is 0. The van der Waals surface area contributed by atoms with Gasteiger partial charge in [-0.3, -0.25) is 4.79 Å². The van der Waals surface area contributed by atoms with Crippen LogP contribution in [0.4, 0.5) is 0 Å². The molecule has 2 aromatic rings. The second kappa shape index (κ2) is 9.35. The average Bonchev–Trinajstić information content (AvgIpc) is 3.23. The van der Waals surface area contributed by atoms with Crippen LogP contribution in [0.5, 0.6) is 0 Å². The van der Waals surface area contributed by atoms with Gasteiger partial charge in [0.1, 0.15) is 4.21 Å². The first-order valence-electron chi connectivity index (χ1n) is 9.17. The predicted molar refractivity (Wildman–Crippen MR) is 111 cm³/mol. The minimum absolute atomic E-state index is 0.0176. The van der Waals surface area contributed by atoms with E-state index in [2.05, 4.69) is 5.32 Å². The molecule has 1 aliphatic rings. The van der Waals surface area contributed by atoms with Crippen LogP contribution < -0.4 is 5.32 Å². The number of thiophene rings is 1. The third-order valence-corrected chi connectivity index (χ3v) is 9.74. The molecule has 1 aromatic heterocycles. The van der Waals surface area contributed by atoms with E-state index in [-0.39, 0.29) is 54.2 Å². The number of nitrogens with one attached hydrogen (secondary N) is 1. The van der Waals surface area contributed by atoms with Gasteiger partial charge in [-0.15, -0.1) is 11.3 Å². The van der Waals surface area contributed by atoms with Crippen LogP contribution in [0.25, 0.3) is 0 Å². The number of hydrogen-bond donors (Lipinski definition) is 1. The van der Waals surface area contributed by atoms with E-state index in [4.69, 9.17) is 0 Å². The topological polar surface area (TPSA) is 104 Å². The zero-order chi connectivity index (χ0) is 20.9. The van der Waals surface area contributed by atoms with Gasteiger partial charge in [-0.25, -0.2) is 16.8 Å². The van der Waals surface area contributed by atoms with E-state index < -0.39 is 20.0 Å². The maximum Gasteiger partial charge on any atom is 0.252 e. The summed E-state index contributed by atoms with van der Waals surface area (Å²) in [4.78, 5) is 12.3. The molecule has 29 heavy (non-hydrogen) atoms. The van der Waals surface area contributed by atoms with E-state index in [0.717, 1.165) is 11.3 Å².